The summed E-state index contributed by atoms with van der Waals surface area (Å²) in [4.78, 5) is 48.6. The molecule has 0 aliphatic carbocycles. The lowest BCUT2D eigenvalue weighted by Gasteiger charge is -2.44. The van der Waals surface area contributed by atoms with E-state index in [0.29, 0.717) is 0 Å². The van der Waals surface area contributed by atoms with Crippen LogP contribution in [0.1, 0.15) is 25.0 Å². The fourth-order valence-corrected chi connectivity index (χ4v) is 3.67. The molecule has 3 rings (SSSR count). The van der Waals surface area contributed by atoms with Crippen LogP contribution >= 0.6 is 0 Å². The number of ether oxygens (including phenoxy) is 5. The van der Waals surface area contributed by atoms with E-state index >= 15 is 0 Å². The van der Waals surface area contributed by atoms with Crippen LogP contribution < -0.4 is 11.1 Å². The summed E-state index contributed by atoms with van der Waals surface area (Å²) in [6.07, 6.45) is -6.53. The van der Waals surface area contributed by atoms with Crippen LogP contribution in [0.4, 0.5) is 4.79 Å². The van der Waals surface area contributed by atoms with Crippen LogP contribution in [0.2, 0.25) is 0 Å². The molecule has 2 aromatic carbocycles. The van der Waals surface area contributed by atoms with E-state index in [1.807, 2.05) is 24.3 Å². The normalized spacial score (nSPS) is 23.2. The van der Waals surface area contributed by atoms with Gasteiger partial charge in [0.1, 0.15) is 12.6 Å². The van der Waals surface area contributed by atoms with Crippen LogP contribution in [0.3, 0.4) is 0 Å². The number of benzene rings is 2. The molecule has 5 atom stereocenters. The molecule has 3 N–H and O–H groups in total. The first kappa shape index (κ1) is 26.6. The second-order valence-corrected chi connectivity index (χ2v) is 8.00. The SMILES string of the molecule is CC(=O)O[C@@H]1[C@@H](NC(=O)OCc2ccccc2)[C@@H](OCc2ccccc2)O[C@H](C(N)=O)[C@H]1OC(C)=O. The molecule has 0 radical (unpaired) electrons. The van der Waals surface area contributed by atoms with E-state index in [4.69, 9.17) is 29.4 Å². The Morgan fingerprint density at radius 1 is 0.833 bits per heavy atom. The smallest absolute Gasteiger partial charge is 0.407 e. The highest BCUT2D eigenvalue weighted by molar-refractivity contribution is 5.81. The van der Waals surface area contributed by atoms with Crippen molar-refractivity contribution >= 4 is 23.9 Å². The minimum Gasteiger partial charge on any atom is -0.456 e. The van der Waals surface area contributed by atoms with Gasteiger partial charge in [0.15, 0.2) is 24.6 Å². The van der Waals surface area contributed by atoms with E-state index in [1.165, 1.54) is 0 Å². The van der Waals surface area contributed by atoms with Crippen LogP contribution in [0.15, 0.2) is 60.7 Å². The number of esters is 2. The van der Waals surface area contributed by atoms with Crippen molar-refractivity contribution < 1.29 is 42.9 Å². The highest BCUT2D eigenvalue weighted by Gasteiger charge is 2.53. The number of nitrogens with one attached hydrogen (secondary N) is 1. The van der Waals surface area contributed by atoms with Crippen molar-refractivity contribution in [2.24, 2.45) is 5.73 Å². The Balaban J connectivity index is 1.86. The number of primary amides is 1. The van der Waals surface area contributed by atoms with Gasteiger partial charge >= 0.3 is 18.0 Å². The minimum atomic E-state index is -1.52. The molecule has 1 heterocycles. The van der Waals surface area contributed by atoms with Crippen molar-refractivity contribution in [2.75, 3.05) is 0 Å². The van der Waals surface area contributed by atoms with Crippen LogP contribution in [0.25, 0.3) is 0 Å². The molecule has 11 heteroatoms. The predicted octanol–water partition coefficient (Wildman–Crippen LogP) is 1.57. The van der Waals surface area contributed by atoms with Gasteiger partial charge in [-0.05, 0) is 11.1 Å². The highest BCUT2D eigenvalue weighted by Crippen LogP contribution is 2.28. The molecule has 0 bridgehead atoms. The molecule has 36 heavy (non-hydrogen) atoms. The number of nitrogens with two attached hydrogens (primary N) is 1. The van der Waals surface area contributed by atoms with E-state index in [0.717, 1.165) is 25.0 Å². The summed E-state index contributed by atoms with van der Waals surface area (Å²) in [6, 6.07) is 16.8. The van der Waals surface area contributed by atoms with Gasteiger partial charge in [0.2, 0.25) is 0 Å². The zero-order valence-corrected chi connectivity index (χ0v) is 19.8. The number of hydrogen-bond acceptors (Lipinski definition) is 9. The van der Waals surface area contributed by atoms with Crippen LogP contribution in [0.5, 0.6) is 0 Å². The number of amides is 2. The quantitative estimate of drug-likeness (QED) is 0.386. The summed E-state index contributed by atoms with van der Waals surface area (Å²) in [7, 11) is 0. The van der Waals surface area contributed by atoms with Crippen molar-refractivity contribution in [1.29, 1.82) is 0 Å². The van der Waals surface area contributed by atoms with Crippen molar-refractivity contribution in [2.45, 2.75) is 57.7 Å². The third-order valence-corrected chi connectivity index (χ3v) is 5.19. The summed E-state index contributed by atoms with van der Waals surface area (Å²) >= 11 is 0. The zero-order valence-electron chi connectivity index (χ0n) is 19.8. The molecule has 0 unspecified atom stereocenters. The molecule has 1 aliphatic heterocycles. The summed E-state index contributed by atoms with van der Waals surface area (Å²) < 4.78 is 27.5. The monoisotopic (exact) mass is 500 g/mol. The largest absolute Gasteiger partial charge is 0.456 e. The first-order valence-electron chi connectivity index (χ1n) is 11.2. The molecule has 0 saturated carbocycles. The topological polar surface area (TPSA) is 152 Å². The molecule has 11 nitrogen and oxygen atoms in total. The second kappa shape index (κ2) is 12.7. The molecule has 1 aliphatic rings. The molecule has 0 spiro atoms. The molecule has 1 saturated heterocycles. The average molecular weight is 501 g/mol. The predicted molar refractivity (Wildman–Crippen MR) is 124 cm³/mol. The van der Waals surface area contributed by atoms with Gasteiger partial charge in [-0.3, -0.25) is 14.4 Å². The number of alkyl carbamates (subject to hydrolysis) is 1. The van der Waals surface area contributed by atoms with Gasteiger partial charge in [0.25, 0.3) is 5.91 Å². The average Bonchev–Trinajstić information content (AvgIpc) is 2.84. The zero-order chi connectivity index (χ0) is 26.1. The lowest BCUT2D eigenvalue weighted by molar-refractivity contribution is -0.268. The van der Waals surface area contributed by atoms with E-state index in [-0.39, 0.29) is 13.2 Å². The van der Waals surface area contributed by atoms with Crippen molar-refractivity contribution in [3.8, 4) is 0 Å². The number of rotatable bonds is 9. The van der Waals surface area contributed by atoms with Crippen molar-refractivity contribution in [3.63, 3.8) is 0 Å². The number of carbonyl (C=O) groups excluding carboxylic acids is 4. The third-order valence-electron chi connectivity index (χ3n) is 5.19. The van der Waals surface area contributed by atoms with E-state index in [1.54, 1.807) is 36.4 Å². The van der Waals surface area contributed by atoms with Gasteiger partial charge < -0.3 is 34.7 Å². The maximum atomic E-state index is 12.7. The Bertz CT molecular complexity index is 1050. The molecular weight excluding hydrogens is 472 g/mol. The van der Waals surface area contributed by atoms with E-state index < -0.39 is 54.6 Å². The van der Waals surface area contributed by atoms with Gasteiger partial charge in [0, 0.05) is 13.8 Å². The first-order valence-corrected chi connectivity index (χ1v) is 11.2. The van der Waals surface area contributed by atoms with Gasteiger partial charge in [-0.25, -0.2) is 4.79 Å². The molecule has 0 aromatic heterocycles. The van der Waals surface area contributed by atoms with Gasteiger partial charge in [0.05, 0.1) is 6.61 Å². The van der Waals surface area contributed by atoms with Gasteiger partial charge in [-0.1, -0.05) is 60.7 Å². The third kappa shape index (κ3) is 7.52. The molecule has 1 fully saturated rings. The summed E-state index contributed by atoms with van der Waals surface area (Å²) in [5.74, 6) is -2.51. The Morgan fingerprint density at radius 2 is 1.36 bits per heavy atom. The number of carbonyl (C=O) groups is 4. The van der Waals surface area contributed by atoms with Gasteiger partial charge in [-0.15, -0.1) is 0 Å². The summed E-state index contributed by atoms with van der Waals surface area (Å²) in [5, 5.41) is 2.56. The maximum absolute atomic E-state index is 12.7. The summed E-state index contributed by atoms with van der Waals surface area (Å²) in [5.41, 5.74) is 7.01. The molecule has 192 valence electrons. The Hall–Kier alpha value is -3.96. The van der Waals surface area contributed by atoms with Crippen LogP contribution in [-0.2, 0) is 51.3 Å². The summed E-state index contributed by atoms with van der Waals surface area (Å²) in [6.45, 7) is 2.23. The first-order chi connectivity index (χ1) is 17.2. The molecule has 2 aromatic rings. The standard InChI is InChI=1S/C25H28N2O9/c1-15(28)34-20-19(27-25(31)33-14-18-11-7-4-8-12-18)24(32-13-17-9-5-3-6-10-17)36-22(23(26)30)21(20)35-16(2)29/h3-12,19-22,24H,13-14H2,1-2H3,(H2,26,30)(H,27,31)/t19-,20-,21+,22+,24+/m1/s1. The van der Waals surface area contributed by atoms with Crippen molar-refractivity contribution in [3.05, 3.63) is 71.8 Å². The lowest BCUT2D eigenvalue weighted by Crippen LogP contribution is -2.68. The van der Waals surface area contributed by atoms with Gasteiger partial charge in [-0.2, -0.15) is 0 Å². The molecular formula is C25H28N2O9. The maximum Gasteiger partial charge on any atom is 0.407 e. The fourth-order valence-electron chi connectivity index (χ4n) is 3.67. The Morgan fingerprint density at radius 3 is 1.89 bits per heavy atom. The second-order valence-electron chi connectivity index (χ2n) is 8.00. The van der Waals surface area contributed by atoms with E-state index in [9.17, 15) is 19.2 Å². The highest BCUT2D eigenvalue weighted by atomic mass is 16.7. The minimum absolute atomic E-state index is 0.0270. The number of hydrogen-bond donors (Lipinski definition) is 2. The Kier molecular flexibility index (Phi) is 9.37. The van der Waals surface area contributed by atoms with Crippen LogP contribution in [-0.4, -0.2) is 54.6 Å². The van der Waals surface area contributed by atoms with Crippen LogP contribution in [0, 0.1) is 0 Å². The van der Waals surface area contributed by atoms with Crippen molar-refractivity contribution in [1.82, 2.24) is 5.32 Å². The molecule has 2 amide bonds. The van der Waals surface area contributed by atoms with E-state index in [2.05, 4.69) is 5.32 Å². The fraction of sp³-hybridized carbons (Fsp3) is 0.360. The Labute approximate surface area is 207 Å². The lowest BCUT2D eigenvalue weighted by atomic mass is 9.95.